The van der Waals surface area contributed by atoms with Gasteiger partial charge in [-0.05, 0) is 37.1 Å². The monoisotopic (exact) mass is 334 g/mol. The maximum Gasteiger partial charge on any atom is 0.240 e. The fourth-order valence-corrected chi connectivity index (χ4v) is 4.36. The van der Waals surface area contributed by atoms with Crippen LogP contribution in [0.1, 0.15) is 31.4 Å². The molecule has 0 saturated heterocycles. The summed E-state index contributed by atoms with van der Waals surface area (Å²) in [7, 11) is -3.48. The van der Waals surface area contributed by atoms with Crippen molar-refractivity contribution < 1.29 is 12.8 Å². The average molecular weight is 334 g/mol. The molecule has 1 aliphatic carbocycles. The van der Waals surface area contributed by atoms with Crippen molar-refractivity contribution in [1.29, 1.82) is 0 Å². The van der Waals surface area contributed by atoms with Crippen molar-refractivity contribution in [3.05, 3.63) is 54.5 Å². The second-order valence-corrected chi connectivity index (χ2v) is 7.61. The Labute approximate surface area is 137 Å². The second kappa shape index (κ2) is 7.29. The standard InChI is InChI=1S/C17H22N2O3S/c20-23(21,15-8-2-1-3-9-15)19-17-11-5-4-10-16(17)18-13-14-7-6-12-22-14/h1-3,6-9,12,16-19H,4-5,10-11,13H2/t16-,17-/m0/s1. The summed E-state index contributed by atoms with van der Waals surface area (Å²) in [6, 6.07) is 12.3. The van der Waals surface area contributed by atoms with Gasteiger partial charge in [0.25, 0.3) is 0 Å². The Bertz CT molecular complexity index is 699. The van der Waals surface area contributed by atoms with Gasteiger partial charge in [-0.25, -0.2) is 13.1 Å². The van der Waals surface area contributed by atoms with Gasteiger partial charge in [0, 0.05) is 12.1 Å². The first kappa shape index (κ1) is 16.2. The van der Waals surface area contributed by atoms with Crippen LogP contribution in [0.4, 0.5) is 0 Å². The summed E-state index contributed by atoms with van der Waals surface area (Å²) in [6.07, 6.45) is 5.61. The Hall–Kier alpha value is -1.63. The molecule has 0 spiro atoms. The highest BCUT2D eigenvalue weighted by atomic mass is 32.2. The Kier molecular flexibility index (Phi) is 5.15. The number of hydrogen-bond donors (Lipinski definition) is 2. The van der Waals surface area contributed by atoms with E-state index in [1.807, 2.05) is 18.2 Å². The van der Waals surface area contributed by atoms with E-state index < -0.39 is 10.0 Å². The molecular formula is C17H22N2O3S. The highest BCUT2D eigenvalue weighted by Gasteiger charge is 2.29. The van der Waals surface area contributed by atoms with Gasteiger partial charge in [0.2, 0.25) is 10.0 Å². The van der Waals surface area contributed by atoms with Crippen LogP contribution in [0.3, 0.4) is 0 Å². The van der Waals surface area contributed by atoms with Gasteiger partial charge in [-0.3, -0.25) is 0 Å². The lowest BCUT2D eigenvalue weighted by molar-refractivity contribution is 0.301. The molecule has 1 aromatic carbocycles. The lowest BCUT2D eigenvalue weighted by atomic mass is 9.91. The third-order valence-electron chi connectivity index (χ3n) is 4.24. The molecule has 0 aliphatic heterocycles. The summed E-state index contributed by atoms with van der Waals surface area (Å²) in [4.78, 5) is 0.315. The minimum absolute atomic E-state index is 0.0936. The normalized spacial score (nSPS) is 22.1. The Morgan fingerprint density at radius 2 is 1.74 bits per heavy atom. The largest absolute Gasteiger partial charge is 0.468 e. The molecule has 1 saturated carbocycles. The quantitative estimate of drug-likeness (QED) is 0.852. The summed E-state index contributed by atoms with van der Waals surface area (Å²) in [6.45, 7) is 0.612. The van der Waals surface area contributed by atoms with Gasteiger partial charge in [-0.2, -0.15) is 0 Å². The van der Waals surface area contributed by atoms with Crippen LogP contribution in [0, 0.1) is 0 Å². The van der Waals surface area contributed by atoms with Crippen molar-refractivity contribution in [3.8, 4) is 0 Å². The number of rotatable bonds is 6. The van der Waals surface area contributed by atoms with E-state index in [1.54, 1.807) is 30.5 Å². The molecule has 6 heteroatoms. The van der Waals surface area contributed by atoms with Gasteiger partial charge >= 0.3 is 0 Å². The molecule has 3 rings (SSSR count). The van der Waals surface area contributed by atoms with Gasteiger partial charge in [-0.15, -0.1) is 0 Å². The topological polar surface area (TPSA) is 71.3 Å². The van der Waals surface area contributed by atoms with Gasteiger partial charge in [0.05, 0.1) is 17.7 Å². The third-order valence-corrected chi connectivity index (χ3v) is 5.75. The zero-order valence-corrected chi connectivity index (χ0v) is 13.8. The third kappa shape index (κ3) is 4.22. The van der Waals surface area contributed by atoms with Crippen LogP contribution < -0.4 is 10.0 Å². The van der Waals surface area contributed by atoms with Crippen molar-refractivity contribution in [1.82, 2.24) is 10.0 Å². The van der Waals surface area contributed by atoms with E-state index in [0.717, 1.165) is 31.4 Å². The van der Waals surface area contributed by atoms with Gasteiger partial charge in [-0.1, -0.05) is 31.0 Å². The van der Waals surface area contributed by atoms with Crippen LogP contribution in [0.2, 0.25) is 0 Å². The molecule has 1 aliphatic rings. The lowest BCUT2D eigenvalue weighted by Gasteiger charge is -2.32. The molecule has 0 amide bonds. The van der Waals surface area contributed by atoms with E-state index >= 15 is 0 Å². The molecule has 2 aromatic rings. The maximum atomic E-state index is 12.5. The minimum Gasteiger partial charge on any atom is -0.468 e. The molecule has 2 N–H and O–H groups in total. The molecule has 2 atom stereocenters. The van der Waals surface area contributed by atoms with Crippen LogP contribution in [0.5, 0.6) is 0 Å². The van der Waals surface area contributed by atoms with Crippen LogP contribution in [0.25, 0.3) is 0 Å². The smallest absolute Gasteiger partial charge is 0.240 e. The number of hydrogen-bond acceptors (Lipinski definition) is 4. The average Bonchev–Trinajstić information content (AvgIpc) is 3.08. The van der Waals surface area contributed by atoms with Crippen molar-refractivity contribution in [2.75, 3.05) is 0 Å². The molecule has 0 bridgehead atoms. The predicted octanol–water partition coefficient (Wildman–Crippen LogP) is 2.66. The lowest BCUT2D eigenvalue weighted by Crippen LogP contribution is -2.51. The minimum atomic E-state index is -3.48. The van der Waals surface area contributed by atoms with E-state index in [2.05, 4.69) is 10.0 Å². The summed E-state index contributed by atoms with van der Waals surface area (Å²) in [5.41, 5.74) is 0. The molecule has 0 radical (unpaired) electrons. The predicted molar refractivity (Wildman–Crippen MR) is 88.4 cm³/mol. The summed E-state index contributed by atoms with van der Waals surface area (Å²) in [5, 5.41) is 3.43. The Balaban J connectivity index is 1.66. The summed E-state index contributed by atoms with van der Waals surface area (Å²) in [5.74, 6) is 0.861. The molecule has 1 fully saturated rings. The highest BCUT2D eigenvalue weighted by Crippen LogP contribution is 2.21. The molecule has 124 valence electrons. The first-order chi connectivity index (χ1) is 11.1. The van der Waals surface area contributed by atoms with Crippen LogP contribution in [0.15, 0.2) is 58.0 Å². The van der Waals surface area contributed by atoms with Gasteiger partial charge < -0.3 is 9.73 Å². The van der Waals surface area contributed by atoms with E-state index in [9.17, 15) is 8.42 Å². The van der Waals surface area contributed by atoms with Crippen LogP contribution in [-0.4, -0.2) is 20.5 Å². The zero-order valence-electron chi connectivity index (χ0n) is 12.9. The SMILES string of the molecule is O=S(=O)(N[C@H]1CCCC[C@@H]1NCc1ccco1)c1ccccc1. The molecule has 1 heterocycles. The van der Waals surface area contributed by atoms with Gasteiger partial charge in [0.1, 0.15) is 5.76 Å². The Morgan fingerprint density at radius 1 is 1.00 bits per heavy atom. The van der Waals surface area contributed by atoms with Crippen molar-refractivity contribution in [2.24, 2.45) is 0 Å². The molecule has 0 unspecified atom stereocenters. The van der Waals surface area contributed by atoms with Crippen LogP contribution >= 0.6 is 0 Å². The first-order valence-corrected chi connectivity index (χ1v) is 9.46. The van der Waals surface area contributed by atoms with Crippen molar-refractivity contribution in [2.45, 2.75) is 49.2 Å². The molecule has 1 aromatic heterocycles. The summed E-state index contributed by atoms with van der Waals surface area (Å²) < 4.78 is 33.2. The van der Waals surface area contributed by atoms with E-state index in [1.165, 1.54) is 0 Å². The number of furan rings is 1. The maximum absolute atomic E-state index is 12.5. The van der Waals surface area contributed by atoms with Gasteiger partial charge in [0.15, 0.2) is 0 Å². The van der Waals surface area contributed by atoms with Crippen molar-refractivity contribution >= 4 is 10.0 Å². The number of sulfonamides is 1. The first-order valence-electron chi connectivity index (χ1n) is 7.98. The highest BCUT2D eigenvalue weighted by molar-refractivity contribution is 7.89. The van der Waals surface area contributed by atoms with E-state index in [4.69, 9.17) is 4.42 Å². The Morgan fingerprint density at radius 3 is 2.43 bits per heavy atom. The second-order valence-electron chi connectivity index (χ2n) is 5.89. The molecule has 23 heavy (non-hydrogen) atoms. The number of benzene rings is 1. The van der Waals surface area contributed by atoms with E-state index in [0.29, 0.717) is 11.4 Å². The van der Waals surface area contributed by atoms with Crippen molar-refractivity contribution in [3.63, 3.8) is 0 Å². The fourth-order valence-electron chi connectivity index (χ4n) is 3.03. The fraction of sp³-hybridized carbons (Fsp3) is 0.412. The van der Waals surface area contributed by atoms with Crippen LogP contribution in [-0.2, 0) is 16.6 Å². The number of nitrogens with one attached hydrogen (secondary N) is 2. The van der Waals surface area contributed by atoms with E-state index in [-0.39, 0.29) is 12.1 Å². The zero-order chi connectivity index (χ0) is 16.1. The molecular weight excluding hydrogens is 312 g/mol. The molecule has 5 nitrogen and oxygen atoms in total. The summed E-state index contributed by atoms with van der Waals surface area (Å²) >= 11 is 0.